The average Bonchev–Trinajstić information content (AvgIpc) is 2.38. The minimum absolute atomic E-state index is 0.0747. The van der Waals surface area contributed by atoms with Gasteiger partial charge >= 0.3 is 0 Å². The zero-order valence-electron chi connectivity index (χ0n) is 12.0. The lowest BCUT2D eigenvalue weighted by molar-refractivity contribution is -0.121. The van der Waals surface area contributed by atoms with Crippen molar-refractivity contribution in [3.05, 3.63) is 29.6 Å². The van der Waals surface area contributed by atoms with Gasteiger partial charge < -0.3 is 10.6 Å². The van der Waals surface area contributed by atoms with E-state index in [1.165, 1.54) is 12.1 Å². The molecule has 1 amide bonds. The standard InChI is InChI=1S/C15H20FN3O/c1-10(2)7-8-18-15(20)11(3)19-14-6-4-5-13(16)12(14)9-17/h4-6,10-11,19H,7-8H2,1-3H3,(H,18,20). The van der Waals surface area contributed by atoms with Crippen molar-refractivity contribution in [2.24, 2.45) is 5.92 Å². The number of hydrogen-bond donors (Lipinski definition) is 2. The Bertz CT molecular complexity index is 508. The molecule has 1 aromatic rings. The van der Waals surface area contributed by atoms with E-state index in [0.717, 1.165) is 6.42 Å². The van der Waals surface area contributed by atoms with E-state index in [1.54, 1.807) is 19.1 Å². The zero-order chi connectivity index (χ0) is 15.1. The van der Waals surface area contributed by atoms with Gasteiger partial charge in [-0.1, -0.05) is 19.9 Å². The summed E-state index contributed by atoms with van der Waals surface area (Å²) in [5.74, 6) is -0.240. The lowest BCUT2D eigenvalue weighted by Crippen LogP contribution is -2.38. The molecule has 0 aliphatic heterocycles. The Labute approximate surface area is 119 Å². The van der Waals surface area contributed by atoms with Crippen LogP contribution in [0.2, 0.25) is 0 Å². The number of carbonyl (C=O) groups excluding carboxylic acids is 1. The molecule has 0 radical (unpaired) electrons. The fraction of sp³-hybridized carbons (Fsp3) is 0.467. The molecule has 1 atom stereocenters. The van der Waals surface area contributed by atoms with Crippen molar-refractivity contribution in [1.82, 2.24) is 5.32 Å². The van der Waals surface area contributed by atoms with Gasteiger partial charge in [0.25, 0.3) is 0 Å². The maximum absolute atomic E-state index is 13.4. The predicted octanol–water partition coefficient (Wildman–Crippen LogP) is 2.66. The van der Waals surface area contributed by atoms with Crippen LogP contribution in [0.25, 0.3) is 0 Å². The van der Waals surface area contributed by atoms with E-state index in [-0.39, 0.29) is 11.5 Å². The SMILES string of the molecule is CC(C)CCNC(=O)C(C)Nc1cccc(F)c1C#N. The first-order chi connectivity index (χ1) is 9.45. The van der Waals surface area contributed by atoms with Crippen LogP contribution in [0.5, 0.6) is 0 Å². The summed E-state index contributed by atoms with van der Waals surface area (Å²) in [6.07, 6.45) is 0.905. The number of nitrogens with one attached hydrogen (secondary N) is 2. The quantitative estimate of drug-likeness (QED) is 0.840. The Balaban J connectivity index is 2.62. The van der Waals surface area contributed by atoms with E-state index >= 15 is 0 Å². The van der Waals surface area contributed by atoms with Crippen LogP contribution in [0.1, 0.15) is 32.8 Å². The third-order valence-corrected chi connectivity index (χ3v) is 2.91. The first-order valence-electron chi connectivity index (χ1n) is 6.68. The topological polar surface area (TPSA) is 64.9 Å². The number of benzene rings is 1. The molecule has 1 unspecified atom stereocenters. The number of halogens is 1. The summed E-state index contributed by atoms with van der Waals surface area (Å²) in [4.78, 5) is 11.9. The number of nitriles is 1. The fourth-order valence-electron chi connectivity index (χ4n) is 1.69. The molecule has 0 saturated heterocycles. The van der Waals surface area contributed by atoms with Crippen molar-refractivity contribution < 1.29 is 9.18 Å². The Hall–Kier alpha value is -2.09. The van der Waals surface area contributed by atoms with Gasteiger partial charge in [0.1, 0.15) is 23.5 Å². The van der Waals surface area contributed by atoms with E-state index in [1.807, 2.05) is 0 Å². The normalized spacial score (nSPS) is 11.8. The van der Waals surface area contributed by atoms with Crippen LogP contribution in [0.3, 0.4) is 0 Å². The number of anilines is 1. The van der Waals surface area contributed by atoms with Gasteiger partial charge in [-0.2, -0.15) is 5.26 Å². The molecule has 1 rings (SSSR count). The van der Waals surface area contributed by atoms with Crippen LogP contribution in [-0.4, -0.2) is 18.5 Å². The summed E-state index contributed by atoms with van der Waals surface area (Å²) in [5, 5.41) is 14.6. The molecule has 0 aromatic heterocycles. The molecule has 4 nitrogen and oxygen atoms in total. The zero-order valence-corrected chi connectivity index (χ0v) is 12.0. The van der Waals surface area contributed by atoms with Gasteiger partial charge in [0.2, 0.25) is 5.91 Å². The molecule has 108 valence electrons. The fourth-order valence-corrected chi connectivity index (χ4v) is 1.69. The highest BCUT2D eigenvalue weighted by Crippen LogP contribution is 2.18. The van der Waals surface area contributed by atoms with E-state index in [9.17, 15) is 9.18 Å². The molecule has 0 saturated carbocycles. The Morgan fingerprint density at radius 2 is 2.10 bits per heavy atom. The van der Waals surface area contributed by atoms with Crippen LogP contribution < -0.4 is 10.6 Å². The largest absolute Gasteiger partial charge is 0.373 e. The first kappa shape index (κ1) is 16.0. The second-order valence-electron chi connectivity index (χ2n) is 5.11. The molecule has 1 aromatic carbocycles. The van der Waals surface area contributed by atoms with Crippen molar-refractivity contribution in [3.63, 3.8) is 0 Å². The van der Waals surface area contributed by atoms with Gasteiger partial charge in [0, 0.05) is 6.54 Å². The van der Waals surface area contributed by atoms with Gasteiger partial charge in [-0.3, -0.25) is 4.79 Å². The van der Waals surface area contributed by atoms with Crippen LogP contribution in [0.15, 0.2) is 18.2 Å². The number of amides is 1. The van der Waals surface area contributed by atoms with Gasteiger partial charge in [0.05, 0.1) is 5.69 Å². The molecule has 0 spiro atoms. The number of carbonyl (C=O) groups is 1. The van der Waals surface area contributed by atoms with Gasteiger partial charge in [-0.25, -0.2) is 4.39 Å². The van der Waals surface area contributed by atoms with Crippen molar-refractivity contribution in [3.8, 4) is 6.07 Å². The molecule has 0 bridgehead atoms. The molecule has 5 heteroatoms. The maximum atomic E-state index is 13.4. The Morgan fingerprint density at radius 1 is 1.40 bits per heavy atom. The van der Waals surface area contributed by atoms with Crippen LogP contribution >= 0.6 is 0 Å². The molecule has 2 N–H and O–H groups in total. The summed E-state index contributed by atoms with van der Waals surface area (Å²) < 4.78 is 13.4. The van der Waals surface area contributed by atoms with Crippen molar-refractivity contribution >= 4 is 11.6 Å². The van der Waals surface area contributed by atoms with E-state index in [0.29, 0.717) is 18.2 Å². The lowest BCUT2D eigenvalue weighted by Gasteiger charge is -2.16. The molecule has 0 fully saturated rings. The Kier molecular flexibility index (Phi) is 5.98. The number of hydrogen-bond acceptors (Lipinski definition) is 3. The first-order valence-corrected chi connectivity index (χ1v) is 6.68. The number of rotatable bonds is 6. The summed E-state index contributed by atoms with van der Waals surface area (Å²) in [6, 6.07) is 5.57. The summed E-state index contributed by atoms with van der Waals surface area (Å²) in [5.41, 5.74) is 0.258. The minimum Gasteiger partial charge on any atom is -0.373 e. The lowest BCUT2D eigenvalue weighted by atomic mass is 10.1. The average molecular weight is 277 g/mol. The van der Waals surface area contributed by atoms with E-state index < -0.39 is 11.9 Å². The molecular weight excluding hydrogens is 257 g/mol. The summed E-state index contributed by atoms with van der Waals surface area (Å²) >= 11 is 0. The highest BCUT2D eigenvalue weighted by Gasteiger charge is 2.15. The summed E-state index contributed by atoms with van der Waals surface area (Å²) in [7, 11) is 0. The Morgan fingerprint density at radius 3 is 2.70 bits per heavy atom. The number of nitrogens with zero attached hydrogens (tertiary/aromatic N) is 1. The van der Waals surface area contributed by atoms with Gasteiger partial charge in [-0.05, 0) is 31.4 Å². The molecule has 20 heavy (non-hydrogen) atoms. The van der Waals surface area contributed by atoms with E-state index in [4.69, 9.17) is 5.26 Å². The van der Waals surface area contributed by atoms with Crippen molar-refractivity contribution in [2.75, 3.05) is 11.9 Å². The molecule has 0 aliphatic rings. The maximum Gasteiger partial charge on any atom is 0.242 e. The highest BCUT2D eigenvalue weighted by atomic mass is 19.1. The molecular formula is C15H20FN3O. The van der Waals surface area contributed by atoms with Gasteiger partial charge in [0.15, 0.2) is 0 Å². The summed E-state index contributed by atoms with van der Waals surface area (Å²) in [6.45, 7) is 6.45. The van der Waals surface area contributed by atoms with Crippen LogP contribution in [0, 0.1) is 23.1 Å². The monoisotopic (exact) mass is 277 g/mol. The van der Waals surface area contributed by atoms with Crippen molar-refractivity contribution in [2.45, 2.75) is 33.2 Å². The minimum atomic E-state index is -0.593. The third-order valence-electron chi connectivity index (χ3n) is 2.91. The van der Waals surface area contributed by atoms with Crippen LogP contribution in [0.4, 0.5) is 10.1 Å². The third kappa shape index (κ3) is 4.54. The second kappa shape index (κ2) is 7.49. The smallest absolute Gasteiger partial charge is 0.242 e. The molecule has 0 aliphatic carbocycles. The van der Waals surface area contributed by atoms with E-state index in [2.05, 4.69) is 24.5 Å². The predicted molar refractivity (Wildman–Crippen MR) is 76.7 cm³/mol. The van der Waals surface area contributed by atoms with Gasteiger partial charge in [-0.15, -0.1) is 0 Å². The van der Waals surface area contributed by atoms with Crippen molar-refractivity contribution in [1.29, 1.82) is 5.26 Å². The molecule has 0 heterocycles. The second-order valence-corrected chi connectivity index (χ2v) is 5.11. The highest BCUT2D eigenvalue weighted by molar-refractivity contribution is 5.84. The van der Waals surface area contributed by atoms with Crippen LogP contribution in [-0.2, 0) is 4.79 Å².